The minimum Gasteiger partial charge on any atom is -0.337 e. The van der Waals surface area contributed by atoms with Gasteiger partial charge in [0.15, 0.2) is 0 Å². The van der Waals surface area contributed by atoms with Gasteiger partial charge in [0.25, 0.3) is 0 Å². The molecule has 0 unspecified atom stereocenters. The van der Waals surface area contributed by atoms with Crippen LogP contribution in [-0.2, 0) is 17.8 Å². The van der Waals surface area contributed by atoms with Gasteiger partial charge in [-0.05, 0) is 42.8 Å². The van der Waals surface area contributed by atoms with E-state index in [-0.39, 0.29) is 6.04 Å². The van der Waals surface area contributed by atoms with Crippen LogP contribution in [0.2, 0.25) is 0 Å². The molecule has 1 saturated heterocycles. The lowest BCUT2D eigenvalue weighted by Gasteiger charge is -2.32. The van der Waals surface area contributed by atoms with Crippen molar-refractivity contribution in [3.63, 3.8) is 0 Å². The lowest BCUT2D eigenvalue weighted by atomic mass is 10.0. The summed E-state index contributed by atoms with van der Waals surface area (Å²) < 4.78 is 0. The molecule has 1 aromatic rings. The molecule has 2 aliphatic heterocycles. The number of hydrogen-bond acceptors (Lipinski definition) is 3. The van der Waals surface area contributed by atoms with Gasteiger partial charge in [-0.3, -0.25) is 4.79 Å². The van der Waals surface area contributed by atoms with Crippen molar-refractivity contribution >= 4 is 17.2 Å². The van der Waals surface area contributed by atoms with Gasteiger partial charge in [0.05, 0.1) is 6.04 Å². The second-order valence-electron chi connectivity index (χ2n) is 4.88. The molecule has 1 amide bonds. The monoisotopic (exact) mass is 250 g/mol. The first-order chi connectivity index (χ1) is 8.34. The minimum atomic E-state index is 0.0731. The van der Waals surface area contributed by atoms with Gasteiger partial charge in [0.2, 0.25) is 5.91 Å². The Morgan fingerprint density at radius 1 is 1.47 bits per heavy atom. The summed E-state index contributed by atoms with van der Waals surface area (Å²) in [5, 5.41) is 5.48. The molecule has 3 heterocycles. The molecule has 1 atom stereocenters. The maximum absolute atomic E-state index is 12.4. The average molecular weight is 250 g/mol. The molecule has 4 heteroatoms. The summed E-state index contributed by atoms with van der Waals surface area (Å²) in [6.07, 6.45) is 4.43. The van der Waals surface area contributed by atoms with Crippen molar-refractivity contribution in [3.8, 4) is 0 Å². The highest BCUT2D eigenvalue weighted by Gasteiger charge is 2.28. The van der Waals surface area contributed by atoms with E-state index in [1.54, 1.807) is 0 Å². The Morgan fingerprint density at radius 3 is 3.24 bits per heavy atom. The first kappa shape index (κ1) is 11.2. The molecule has 1 aromatic heterocycles. The molecule has 0 saturated carbocycles. The van der Waals surface area contributed by atoms with Crippen molar-refractivity contribution < 1.29 is 4.79 Å². The molecule has 0 bridgehead atoms. The van der Waals surface area contributed by atoms with Crippen molar-refractivity contribution in [3.05, 3.63) is 21.9 Å². The van der Waals surface area contributed by atoms with Gasteiger partial charge in [-0.1, -0.05) is 6.42 Å². The Hall–Kier alpha value is -0.870. The van der Waals surface area contributed by atoms with E-state index in [1.165, 1.54) is 23.3 Å². The molecule has 1 fully saturated rings. The molecule has 0 aliphatic carbocycles. The number of nitrogens with one attached hydrogen (secondary N) is 1. The van der Waals surface area contributed by atoms with Crippen LogP contribution < -0.4 is 5.32 Å². The molecular weight excluding hydrogens is 232 g/mol. The van der Waals surface area contributed by atoms with E-state index in [0.717, 1.165) is 32.5 Å². The van der Waals surface area contributed by atoms with E-state index in [2.05, 4.69) is 16.8 Å². The Balaban J connectivity index is 1.67. The summed E-state index contributed by atoms with van der Waals surface area (Å²) in [7, 11) is 0. The molecule has 1 N–H and O–H groups in total. The largest absolute Gasteiger partial charge is 0.337 e. The number of fused-ring (bicyclic) bond motifs is 1. The zero-order valence-electron chi connectivity index (χ0n) is 9.95. The lowest BCUT2D eigenvalue weighted by molar-refractivity contribution is -0.134. The molecule has 0 spiro atoms. The van der Waals surface area contributed by atoms with Crippen LogP contribution in [0.3, 0.4) is 0 Å². The smallest absolute Gasteiger partial charge is 0.240 e. The van der Waals surface area contributed by atoms with E-state index < -0.39 is 0 Å². The highest BCUT2D eigenvalue weighted by Crippen LogP contribution is 2.25. The SMILES string of the molecule is O=C([C@@H]1CCCCN1)N1CCc2sccc2C1. The van der Waals surface area contributed by atoms with Crippen molar-refractivity contribution in [2.45, 2.75) is 38.3 Å². The summed E-state index contributed by atoms with van der Waals surface area (Å²) in [6.45, 7) is 2.70. The highest BCUT2D eigenvalue weighted by molar-refractivity contribution is 7.10. The van der Waals surface area contributed by atoms with Crippen molar-refractivity contribution in [2.75, 3.05) is 13.1 Å². The third-order valence-electron chi connectivity index (χ3n) is 3.73. The van der Waals surface area contributed by atoms with Crippen LogP contribution >= 0.6 is 11.3 Å². The number of nitrogens with zero attached hydrogens (tertiary/aromatic N) is 1. The van der Waals surface area contributed by atoms with E-state index in [4.69, 9.17) is 0 Å². The Labute approximate surface area is 106 Å². The Kier molecular flexibility index (Phi) is 3.16. The summed E-state index contributed by atoms with van der Waals surface area (Å²) >= 11 is 1.82. The molecular formula is C13H18N2OS. The summed E-state index contributed by atoms with van der Waals surface area (Å²) in [4.78, 5) is 15.8. The van der Waals surface area contributed by atoms with E-state index in [0.29, 0.717) is 5.91 Å². The molecule has 2 aliphatic rings. The topological polar surface area (TPSA) is 32.3 Å². The first-order valence-electron chi connectivity index (χ1n) is 6.42. The van der Waals surface area contributed by atoms with Gasteiger partial charge in [0, 0.05) is 18.0 Å². The van der Waals surface area contributed by atoms with Crippen LogP contribution in [0.5, 0.6) is 0 Å². The zero-order chi connectivity index (χ0) is 11.7. The molecule has 3 nitrogen and oxygen atoms in total. The van der Waals surface area contributed by atoms with E-state index in [1.807, 2.05) is 16.2 Å². The number of thiophene rings is 1. The molecule has 17 heavy (non-hydrogen) atoms. The fourth-order valence-corrected chi connectivity index (χ4v) is 3.61. The second kappa shape index (κ2) is 4.78. The lowest BCUT2D eigenvalue weighted by Crippen LogP contribution is -2.49. The highest BCUT2D eigenvalue weighted by atomic mass is 32.1. The van der Waals surface area contributed by atoms with Gasteiger partial charge >= 0.3 is 0 Å². The Bertz CT molecular complexity index is 409. The summed E-state index contributed by atoms with van der Waals surface area (Å²) in [6, 6.07) is 2.23. The second-order valence-corrected chi connectivity index (χ2v) is 5.88. The van der Waals surface area contributed by atoms with Crippen LogP contribution in [0.1, 0.15) is 29.7 Å². The standard InChI is InChI=1S/C13H18N2OS/c16-13(11-3-1-2-6-14-11)15-7-4-12-10(9-15)5-8-17-12/h5,8,11,14H,1-4,6-7,9H2/t11-/m0/s1. The van der Waals surface area contributed by atoms with Gasteiger partial charge in [-0.2, -0.15) is 0 Å². The van der Waals surface area contributed by atoms with Crippen LogP contribution in [0.4, 0.5) is 0 Å². The molecule has 0 aromatic carbocycles. The normalized spacial score (nSPS) is 24.5. The number of carbonyl (C=O) groups excluding carboxylic acids is 1. The van der Waals surface area contributed by atoms with Crippen LogP contribution in [0.25, 0.3) is 0 Å². The zero-order valence-corrected chi connectivity index (χ0v) is 10.8. The maximum atomic E-state index is 12.4. The number of piperidine rings is 1. The number of hydrogen-bond donors (Lipinski definition) is 1. The van der Waals surface area contributed by atoms with E-state index >= 15 is 0 Å². The third kappa shape index (κ3) is 2.24. The quantitative estimate of drug-likeness (QED) is 0.824. The summed E-state index contributed by atoms with van der Waals surface area (Å²) in [5.74, 6) is 0.307. The predicted octanol–water partition coefficient (Wildman–Crippen LogP) is 1.77. The van der Waals surface area contributed by atoms with Gasteiger partial charge in [-0.15, -0.1) is 11.3 Å². The van der Waals surface area contributed by atoms with Gasteiger partial charge < -0.3 is 10.2 Å². The van der Waals surface area contributed by atoms with Gasteiger partial charge in [-0.25, -0.2) is 0 Å². The number of rotatable bonds is 1. The first-order valence-corrected chi connectivity index (χ1v) is 7.30. The van der Waals surface area contributed by atoms with E-state index in [9.17, 15) is 4.79 Å². The summed E-state index contributed by atoms with van der Waals surface area (Å²) in [5.41, 5.74) is 1.35. The van der Waals surface area contributed by atoms with Crippen molar-refractivity contribution in [1.82, 2.24) is 10.2 Å². The van der Waals surface area contributed by atoms with Crippen LogP contribution in [-0.4, -0.2) is 29.9 Å². The average Bonchev–Trinajstić information content (AvgIpc) is 2.86. The number of amides is 1. The van der Waals surface area contributed by atoms with Crippen LogP contribution in [0, 0.1) is 0 Å². The molecule has 0 radical (unpaired) electrons. The Morgan fingerprint density at radius 2 is 2.41 bits per heavy atom. The fourth-order valence-electron chi connectivity index (χ4n) is 2.72. The van der Waals surface area contributed by atoms with Crippen molar-refractivity contribution in [2.24, 2.45) is 0 Å². The minimum absolute atomic E-state index is 0.0731. The molecule has 3 rings (SSSR count). The fraction of sp³-hybridized carbons (Fsp3) is 0.615. The third-order valence-corrected chi connectivity index (χ3v) is 4.75. The van der Waals surface area contributed by atoms with Crippen LogP contribution in [0.15, 0.2) is 11.4 Å². The number of carbonyl (C=O) groups is 1. The maximum Gasteiger partial charge on any atom is 0.240 e. The van der Waals surface area contributed by atoms with Crippen molar-refractivity contribution in [1.29, 1.82) is 0 Å². The molecule has 92 valence electrons. The predicted molar refractivity (Wildman–Crippen MR) is 69.1 cm³/mol. The van der Waals surface area contributed by atoms with Gasteiger partial charge in [0.1, 0.15) is 0 Å².